The number of nitrogens with zero attached hydrogens (tertiary/aromatic N) is 1. The van der Waals surface area contributed by atoms with Gasteiger partial charge in [-0.3, -0.25) is 9.59 Å². The number of carbonyl (C=O) groups is 2. The van der Waals surface area contributed by atoms with Crippen molar-refractivity contribution in [3.05, 3.63) is 59.9 Å². The van der Waals surface area contributed by atoms with Crippen LogP contribution in [0.2, 0.25) is 0 Å². The van der Waals surface area contributed by atoms with Crippen LogP contribution >= 0.6 is 11.8 Å². The Labute approximate surface area is 143 Å². The van der Waals surface area contributed by atoms with Crippen LogP contribution < -0.4 is 4.90 Å². The van der Waals surface area contributed by atoms with Crippen molar-refractivity contribution in [2.75, 3.05) is 17.2 Å². The van der Waals surface area contributed by atoms with Crippen LogP contribution in [0.5, 0.6) is 0 Å². The summed E-state index contributed by atoms with van der Waals surface area (Å²) in [4.78, 5) is 26.7. The van der Waals surface area contributed by atoms with E-state index in [4.69, 9.17) is 4.74 Å². The fourth-order valence-corrected chi connectivity index (χ4v) is 3.40. The van der Waals surface area contributed by atoms with Gasteiger partial charge in [-0.15, -0.1) is 11.8 Å². The molecule has 0 aromatic heterocycles. The average molecular weight is 345 g/mol. The van der Waals surface area contributed by atoms with Gasteiger partial charge in [0.15, 0.2) is 0 Å². The Hall–Kier alpha value is -2.34. The summed E-state index contributed by atoms with van der Waals surface area (Å²) < 4.78 is 18.2. The normalized spacial score (nSPS) is 13.5. The maximum atomic E-state index is 13.1. The van der Waals surface area contributed by atoms with Crippen LogP contribution in [0.15, 0.2) is 53.4 Å². The highest BCUT2D eigenvalue weighted by Crippen LogP contribution is 2.34. The van der Waals surface area contributed by atoms with Crippen molar-refractivity contribution in [2.24, 2.45) is 0 Å². The number of anilines is 1. The van der Waals surface area contributed by atoms with Crippen LogP contribution in [0.1, 0.15) is 12.0 Å². The Bertz CT molecular complexity index is 765. The van der Waals surface area contributed by atoms with Crippen molar-refractivity contribution < 1.29 is 18.7 Å². The van der Waals surface area contributed by atoms with E-state index in [1.54, 1.807) is 17.0 Å². The molecular weight excluding hydrogens is 329 g/mol. The van der Waals surface area contributed by atoms with Crippen molar-refractivity contribution >= 4 is 29.3 Å². The molecule has 0 saturated carbocycles. The van der Waals surface area contributed by atoms with Crippen LogP contribution in [-0.2, 0) is 20.9 Å². The molecule has 6 heteroatoms. The van der Waals surface area contributed by atoms with Gasteiger partial charge in [-0.05, 0) is 29.8 Å². The van der Waals surface area contributed by atoms with E-state index in [9.17, 15) is 14.0 Å². The molecule has 124 valence electrons. The van der Waals surface area contributed by atoms with Crippen molar-refractivity contribution in [1.29, 1.82) is 0 Å². The zero-order valence-electron chi connectivity index (χ0n) is 12.9. The molecule has 3 rings (SSSR count). The van der Waals surface area contributed by atoms with E-state index in [2.05, 4.69) is 0 Å². The molecule has 0 atom stereocenters. The third kappa shape index (κ3) is 3.94. The molecule has 0 unspecified atom stereocenters. The number of para-hydroxylation sites is 1. The molecule has 0 spiro atoms. The minimum absolute atomic E-state index is 0.0170. The quantitative estimate of drug-likeness (QED) is 0.779. The summed E-state index contributed by atoms with van der Waals surface area (Å²) in [6.45, 7) is 0.301. The second kappa shape index (κ2) is 7.49. The van der Waals surface area contributed by atoms with Crippen molar-refractivity contribution in [3.63, 3.8) is 0 Å². The van der Waals surface area contributed by atoms with Crippen molar-refractivity contribution in [3.8, 4) is 0 Å². The van der Waals surface area contributed by atoms with Crippen LogP contribution in [0, 0.1) is 5.82 Å². The molecule has 1 aliphatic heterocycles. The average Bonchev–Trinajstić information content (AvgIpc) is 2.59. The summed E-state index contributed by atoms with van der Waals surface area (Å²) in [6, 6.07) is 13.6. The number of benzene rings is 2. The topological polar surface area (TPSA) is 46.6 Å². The fraction of sp³-hybridized carbons (Fsp3) is 0.222. The highest BCUT2D eigenvalue weighted by atomic mass is 32.2. The summed E-state index contributed by atoms with van der Waals surface area (Å²) >= 11 is 1.50. The number of esters is 1. The highest BCUT2D eigenvalue weighted by molar-refractivity contribution is 8.00. The molecule has 4 nitrogen and oxygen atoms in total. The summed E-state index contributed by atoms with van der Waals surface area (Å²) in [6.07, 6.45) is 0.0973. The SMILES string of the molecule is O=C(CCN1C(=O)CSc2ccccc21)OCc1cccc(F)c1. The smallest absolute Gasteiger partial charge is 0.307 e. The van der Waals surface area contributed by atoms with Gasteiger partial charge >= 0.3 is 5.97 Å². The number of amides is 1. The summed E-state index contributed by atoms with van der Waals surface area (Å²) in [5.41, 5.74) is 1.43. The van der Waals surface area contributed by atoms with Crippen LogP contribution in [0.3, 0.4) is 0 Å². The van der Waals surface area contributed by atoms with Gasteiger partial charge in [0.1, 0.15) is 12.4 Å². The Morgan fingerprint density at radius 1 is 1.21 bits per heavy atom. The number of thioether (sulfide) groups is 1. The second-order valence-electron chi connectivity index (χ2n) is 5.34. The predicted molar refractivity (Wildman–Crippen MR) is 90.3 cm³/mol. The molecule has 2 aromatic carbocycles. The maximum absolute atomic E-state index is 13.1. The van der Waals surface area contributed by atoms with Gasteiger partial charge in [0.25, 0.3) is 0 Å². The predicted octanol–water partition coefficient (Wildman–Crippen LogP) is 3.40. The first-order valence-electron chi connectivity index (χ1n) is 7.56. The van der Waals surface area contributed by atoms with Crippen LogP contribution in [0.25, 0.3) is 0 Å². The molecule has 1 amide bonds. The Morgan fingerprint density at radius 2 is 2.04 bits per heavy atom. The lowest BCUT2D eigenvalue weighted by Crippen LogP contribution is -2.37. The summed E-state index contributed by atoms with van der Waals surface area (Å²) in [7, 11) is 0. The first-order chi connectivity index (χ1) is 11.6. The standard InChI is InChI=1S/C18H16FNO3S/c19-14-5-3-4-13(10-14)11-23-18(22)8-9-20-15-6-1-2-7-16(15)24-12-17(20)21/h1-7,10H,8-9,11-12H2. The number of hydrogen-bond acceptors (Lipinski definition) is 4. The first-order valence-corrected chi connectivity index (χ1v) is 8.54. The Kier molecular flexibility index (Phi) is 5.15. The van der Waals surface area contributed by atoms with Gasteiger partial charge in [0.2, 0.25) is 5.91 Å². The van der Waals surface area contributed by atoms with E-state index in [1.165, 1.54) is 23.9 Å². The van der Waals surface area contributed by atoms with E-state index in [0.717, 1.165) is 10.6 Å². The van der Waals surface area contributed by atoms with Gasteiger partial charge in [-0.25, -0.2) is 4.39 Å². The molecule has 24 heavy (non-hydrogen) atoms. The Morgan fingerprint density at radius 3 is 2.88 bits per heavy atom. The van der Waals surface area contributed by atoms with E-state index in [1.807, 2.05) is 24.3 Å². The maximum Gasteiger partial charge on any atom is 0.307 e. The number of rotatable bonds is 5. The molecule has 0 N–H and O–H groups in total. The van der Waals surface area contributed by atoms with Gasteiger partial charge in [-0.2, -0.15) is 0 Å². The third-order valence-electron chi connectivity index (χ3n) is 3.64. The monoisotopic (exact) mass is 345 g/mol. The van der Waals surface area contributed by atoms with Crippen molar-refractivity contribution in [1.82, 2.24) is 0 Å². The zero-order valence-corrected chi connectivity index (χ0v) is 13.7. The number of fused-ring (bicyclic) bond motifs is 1. The lowest BCUT2D eigenvalue weighted by atomic mass is 10.2. The second-order valence-corrected chi connectivity index (χ2v) is 6.36. The molecule has 1 heterocycles. The molecule has 0 radical (unpaired) electrons. The van der Waals surface area contributed by atoms with Crippen molar-refractivity contribution in [2.45, 2.75) is 17.9 Å². The summed E-state index contributed by atoms with van der Waals surface area (Å²) in [5.74, 6) is -0.425. The number of carbonyl (C=O) groups excluding carboxylic acids is 2. The number of hydrogen-bond donors (Lipinski definition) is 0. The molecular formula is C18H16FNO3S. The van der Waals surface area contributed by atoms with Gasteiger partial charge in [0.05, 0.1) is 17.9 Å². The van der Waals surface area contributed by atoms with E-state index in [-0.39, 0.29) is 31.3 Å². The van der Waals surface area contributed by atoms with E-state index >= 15 is 0 Å². The number of ether oxygens (including phenoxy) is 1. The number of halogens is 1. The molecule has 0 fully saturated rings. The van der Waals surface area contributed by atoms with Gasteiger partial charge in [-0.1, -0.05) is 24.3 Å². The largest absolute Gasteiger partial charge is 0.461 e. The molecule has 0 saturated heterocycles. The van der Waals surface area contributed by atoms with E-state index in [0.29, 0.717) is 11.3 Å². The van der Waals surface area contributed by atoms with Gasteiger partial charge < -0.3 is 9.64 Å². The highest BCUT2D eigenvalue weighted by Gasteiger charge is 2.24. The minimum Gasteiger partial charge on any atom is -0.461 e. The molecule has 0 bridgehead atoms. The first kappa shape index (κ1) is 16.5. The molecule has 1 aliphatic rings. The van der Waals surface area contributed by atoms with Crippen LogP contribution in [0.4, 0.5) is 10.1 Å². The lowest BCUT2D eigenvalue weighted by molar-refractivity contribution is -0.144. The van der Waals surface area contributed by atoms with Crippen LogP contribution in [-0.4, -0.2) is 24.2 Å². The third-order valence-corrected chi connectivity index (χ3v) is 4.68. The molecule has 2 aromatic rings. The van der Waals surface area contributed by atoms with Gasteiger partial charge in [0, 0.05) is 11.4 Å². The minimum atomic E-state index is -0.414. The zero-order chi connectivity index (χ0) is 16.9. The summed E-state index contributed by atoms with van der Waals surface area (Å²) in [5, 5.41) is 0. The molecule has 0 aliphatic carbocycles. The lowest BCUT2D eigenvalue weighted by Gasteiger charge is -2.28. The van der Waals surface area contributed by atoms with E-state index < -0.39 is 5.97 Å². The fourth-order valence-electron chi connectivity index (χ4n) is 2.46. The Balaban J connectivity index is 1.55.